The van der Waals surface area contributed by atoms with Crippen LogP contribution in [0.4, 0.5) is 4.79 Å². The highest BCUT2D eigenvalue weighted by Gasteiger charge is 2.28. The molecule has 112 valence electrons. The van der Waals surface area contributed by atoms with Crippen LogP contribution in [-0.2, 0) is 9.59 Å². The molecule has 21 heavy (non-hydrogen) atoms. The van der Waals surface area contributed by atoms with Gasteiger partial charge in [-0.2, -0.15) is 0 Å². The summed E-state index contributed by atoms with van der Waals surface area (Å²) in [6.07, 6.45) is 0. The van der Waals surface area contributed by atoms with Crippen molar-refractivity contribution in [2.45, 2.75) is 18.7 Å². The van der Waals surface area contributed by atoms with Gasteiger partial charge in [-0.05, 0) is 37.1 Å². The molecule has 4 amide bonds. The number of aryl methyl sites for hydroxylation is 2. The van der Waals surface area contributed by atoms with E-state index in [1.54, 1.807) is 0 Å². The Kier molecular flexibility index (Phi) is 4.89. The highest BCUT2D eigenvalue weighted by Crippen LogP contribution is 2.28. The molecule has 0 atom stereocenters. The summed E-state index contributed by atoms with van der Waals surface area (Å²) in [5.41, 5.74) is 4.57. The lowest BCUT2D eigenvalue weighted by atomic mass is 10.2. The third-order valence-corrected chi connectivity index (χ3v) is 4.88. The first-order valence-electron chi connectivity index (χ1n) is 6.17. The maximum Gasteiger partial charge on any atom is 0.343 e. The number of hydrogen-bond acceptors (Lipinski definition) is 4. The van der Waals surface area contributed by atoms with Crippen molar-refractivity contribution in [1.29, 1.82) is 0 Å². The first kappa shape index (κ1) is 15.8. The van der Waals surface area contributed by atoms with Crippen molar-refractivity contribution in [2.24, 2.45) is 0 Å². The Balaban J connectivity index is 1.91. The number of carbonyl (C=O) groups excluding carboxylic acids is 3. The molecular weight excluding hydrogens is 358 g/mol. The van der Waals surface area contributed by atoms with Crippen molar-refractivity contribution in [2.75, 3.05) is 12.3 Å². The van der Waals surface area contributed by atoms with E-state index in [2.05, 4.69) is 26.7 Å². The quantitative estimate of drug-likeness (QED) is 0.624. The van der Waals surface area contributed by atoms with E-state index in [0.717, 1.165) is 25.5 Å². The third-order valence-electron chi connectivity index (χ3n) is 2.87. The summed E-state index contributed by atoms with van der Waals surface area (Å²) in [6, 6.07) is 3.40. The average molecular weight is 372 g/mol. The number of rotatable bonds is 4. The standard InChI is InChI=1S/C13H14BrN3O3S/c1-7-4-10(8(2)3-9(7)14)21-6-12(19)16-17-5-11(18)15-13(17)20/h3-4H,5-6H2,1-2H3,(H,16,19)(H,15,18,20). The van der Waals surface area contributed by atoms with Crippen molar-refractivity contribution in [3.63, 3.8) is 0 Å². The number of benzene rings is 1. The van der Waals surface area contributed by atoms with Gasteiger partial charge in [0.1, 0.15) is 6.54 Å². The van der Waals surface area contributed by atoms with Crippen LogP contribution in [-0.4, -0.2) is 35.2 Å². The molecule has 1 aliphatic rings. The molecule has 0 bridgehead atoms. The zero-order chi connectivity index (χ0) is 15.6. The van der Waals surface area contributed by atoms with Crippen LogP contribution in [0.5, 0.6) is 0 Å². The number of thioether (sulfide) groups is 1. The number of urea groups is 1. The van der Waals surface area contributed by atoms with Crippen LogP contribution in [0.1, 0.15) is 11.1 Å². The number of carbonyl (C=O) groups is 3. The maximum absolute atomic E-state index is 11.8. The molecule has 0 radical (unpaired) electrons. The van der Waals surface area contributed by atoms with E-state index in [1.807, 2.05) is 26.0 Å². The van der Waals surface area contributed by atoms with E-state index in [0.29, 0.717) is 0 Å². The van der Waals surface area contributed by atoms with Crippen molar-refractivity contribution >= 4 is 45.5 Å². The van der Waals surface area contributed by atoms with Crippen molar-refractivity contribution < 1.29 is 14.4 Å². The predicted octanol–water partition coefficient (Wildman–Crippen LogP) is 1.74. The van der Waals surface area contributed by atoms with Gasteiger partial charge in [0.05, 0.1) is 5.75 Å². The van der Waals surface area contributed by atoms with Gasteiger partial charge in [0.25, 0.3) is 0 Å². The predicted molar refractivity (Wildman–Crippen MR) is 82.7 cm³/mol. The SMILES string of the molecule is Cc1cc(SCC(=O)NN2CC(=O)NC2=O)c(C)cc1Br. The van der Waals surface area contributed by atoms with Gasteiger partial charge >= 0.3 is 6.03 Å². The van der Waals surface area contributed by atoms with Gasteiger partial charge in [0.2, 0.25) is 11.8 Å². The van der Waals surface area contributed by atoms with E-state index in [1.165, 1.54) is 11.8 Å². The van der Waals surface area contributed by atoms with Crippen LogP contribution < -0.4 is 10.7 Å². The minimum Gasteiger partial charge on any atom is -0.275 e. The second kappa shape index (κ2) is 6.48. The molecular formula is C13H14BrN3O3S. The molecule has 0 saturated carbocycles. The second-order valence-electron chi connectivity index (χ2n) is 4.63. The fourth-order valence-corrected chi connectivity index (χ4v) is 3.12. The van der Waals surface area contributed by atoms with Crippen LogP contribution in [0.3, 0.4) is 0 Å². The number of hydrogen-bond donors (Lipinski definition) is 2. The summed E-state index contributed by atoms with van der Waals surface area (Å²) < 4.78 is 1.03. The Morgan fingerprint density at radius 2 is 2.10 bits per heavy atom. The molecule has 1 fully saturated rings. The van der Waals surface area contributed by atoms with E-state index in [-0.39, 0.29) is 18.2 Å². The van der Waals surface area contributed by atoms with Crippen LogP contribution >= 0.6 is 27.7 Å². The number of hydrazine groups is 1. The van der Waals surface area contributed by atoms with E-state index in [9.17, 15) is 14.4 Å². The van der Waals surface area contributed by atoms with Crippen LogP contribution in [0.15, 0.2) is 21.5 Å². The van der Waals surface area contributed by atoms with Gasteiger partial charge in [0, 0.05) is 9.37 Å². The van der Waals surface area contributed by atoms with Crippen molar-refractivity contribution in [1.82, 2.24) is 15.8 Å². The summed E-state index contributed by atoms with van der Waals surface area (Å²) in [5, 5.41) is 3.07. The number of nitrogens with zero attached hydrogens (tertiary/aromatic N) is 1. The Labute approximate surface area is 134 Å². The summed E-state index contributed by atoms with van der Waals surface area (Å²) in [4.78, 5) is 35.1. The van der Waals surface area contributed by atoms with E-state index in [4.69, 9.17) is 0 Å². The Morgan fingerprint density at radius 3 is 2.71 bits per heavy atom. The fourth-order valence-electron chi connectivity index (χ4n) is 1.77. The molecule has 0 aromatic heterocycles. The van der Waals surface area contributed by atoms with E-state index >= 15 is 0 Å². The minimum absolute atomic E-state index is 0.147. The molecule has 1 saturated heterocycles. The van der Waals surface area contributed by atoms with Gasteiger partial charge in [-0.15, -0.1) is 11.8 Å². The minimum atomic E-state index is -0.603. The Morgan fingerprint density at radius 1 is 1.38 bits per heavy atom. The van der Waals surface area contributed by atoms with Gasteiger partial charge in [-0.1, -0.05) is 15.9 Å². The molecule has 2 rings (SSSR count). The molecule has 0 spiro atoms. The Bertz CT molecular complexity index is 621. The van der Waals surface area contributed by atoms with Gasteiger partial charge in [-0.25, -0.2) is 9.80 Å². The number of halogens is 1. The molecule has 1 aromatic carbocycles. The lowest BCUT2D eigenvalue weighted by molar-refractivity contribution is -0.122. The highest BCUT2D eigenvalue weighted by molar-refractivity contribution is 9.10. The van der Waals surface area contributed by atoms with Crippen LogP contribution in [0.2, 0.25) is 0 Å². The molecule has 0 unspecified atom stereocenters. The first-order chi connectivity index (χ1) is 9.86. The average Bonchev–Trinajstić information content (AvgIpc) is 2.70. The molecule has 6 nitrogen and oxygen atoms in total. The summed E-state index contributed by atoms with van der Waals surface area (Å²) in [7, 11) is 0. The normalized spacial score (nSPS) is 14.3. The zero-order valence-electron chi connectivity index (χ0n) is 11.5. The summed E-state index contributed by atoms with van der Waals surface area (Å²) in [6.45, 7) is 3.80. The van der Waals surface area contributed by atoms with Crippen LogP contribution in [0, 0.1) is 13.8 Å². The number of imide groups is 1. The lowest BCUT2D eigenvalue weighted by Crippen LogP contribution is -2.44. The number of nitrogens with one attached hydrogen (secondary N) is 2. The smallest absolute Gasteiger partial charge is 0.275 e. The monoisotopic (exact) mass is 371 g/mol. The van der Waals surface area contributed by atoms with Crippen molar-refractivity contribution in [3.8, 4) is 0 Å². The molecule has 1 aromatic rings. The van der Waals surface area contributed by atoms with Crippen LogP contribution in [0.25, 0.3) is 0 Å². The first-order valence-corrected chi connectivity index (χ1v) is 7.95. The van der Waals surface area contributed by atoms with E-state index < -0.39 is 11.9 Å². The van der Waals surface area contributed by atoms with Gasteiger partial charge in [-0.3, -0.25) is 20.3 Å². The zero-order valence-corrected chi connectivity index (χ0v) is 13.9. The van der Waals surface area contributed by atoms with Gasteiger partial charge < -0.3 is 0 Å². The summed E-state index contributed by atoms with van der Waals surface area (Å²) >= 11 is 4.85. The maximum atomic E-state index is 11.8. The third kappa shape index (κ3) is 3.98. The van der Waals surface area contributed by atoms with Gasteiger partial charge in [0.15, 0.2) is 0 Å². The topological polar surface area (TPSA) is 78.5 Å². The molecule has 2 N–H and O–H groups in total. The number of amides is 4. The fraction of sp³-hybridized carbons (Fsp3) is 0.308. The lowest BCUT2D eigenvalue weighted by Gasteiger charge is -2.14. The molecule has 1 heterocycles. The van der Waals surface area contributed by atoms with Crippen molar-refractivity contribution in [3.05, 3.63) is 27.7 Å². The molecule has 8 heteroatoms. The Hall–Kier alpha value is -1.54. The second-order valence-corrected chi connectivity index (χ2v) is 6.50. The molecule has 0 aliphatic carbocycles. The largest absolute Gasteiger partial charge is 0.343 e. The highest BCUT2D eigenvalue weighted by atomic mass is 79.9. The summed E-state index contributed by atoms with van der Waals surface area (Å²) in [5.74, 6) is -0.586. The molecule has 1 aliphatic heterocycles.